The zero-order valence-corrected chi connectivity index (χ0v) is 12.6. The van der Waals surface area contributed by atoms with Crippen molar-refractivity contribution < 1.29 is 14.5 Å². The van der Waals surface area contributed by atoms with E-state index < -0.39 is 7.12 Å². The summed E-state index contributed by atoms with van der Waals surface area (Å²) in [7, 11) is -1.78. The zero-order chi connectivity index (χ0) is 16.5. The standard InChI is InChI=1S/C18H13BN2O3/c22-19(23)18-21-20-17(24-18)16-11-10-13(12-6-2-1-3-7-12)14-8-4-5-9-15(14)16/h1-11,22-23H. The molecule has 6 heteroatoms. The van der Waals surface area contributed by atoms with E-state index >= 15 is 0 Å². The van der Waals surface area contributed by atoms with Gasteiger partial charge in [-0.3, -0.25) is 0 Å². The van der Waals surface area contributed by atoms with Crippen molar-refractivity contribution >= 4 is 23.7 Å². The lowest BCUT2D eigenvalue weighted by atomic mass is 9.93. The summed E-state index contributed by atoms with van der Waals surface area (Å²) in [5.41, 5.74) is 2.99. The fourth-order valence-electron chi connectivity index (χ4n) is 2.80. The topological polar surface area (TPSA) is 79.4 Å². The van der Waals surface area contributed by atoms with Gasteiger partial charge in [0.2, 0.25) is 11.7 Å². The van der Waals surface area contributed by atoms with Gasteiger partial charge in [-0.25, -0.2) is 0 Å². The molecule has 4 rings (SSSR count). The van der Waals surface area contributed by atoms with E-state index in [1.54, 1.807) is 0 Å². The van der Waals surface area contributed by atoms with Crippen LogP contribution in [0.1, 0.15) is 0 Å². The molecular weight excluding hydrogens is 303 g/mol. The fourth-order valence-corrected chi connectivity index (χ4v) is 2.80. The van der Waals surface area contributed by atoms with Gasteiger partial charge in [0.15, 0.2) is 0 Å². The van der Waals surface area contributed by atoms with Crippen LogP contribution < -0.4 is 5.79 Å². The van der Waals surface area contributed by atoms with Crippen LogP contribution in [0.25, 0.3) is 33.4 Å². The van der Waals surface area contributed by atoms with Crippen molar-refractivity contribution in [3.8, 4) is 22.6 Å². The van der Waals surface area contributed by atoms with E-state index in [4.69, 9.17) is 14.5 Å². The lowest BCUT2D eigenvalue weighted by Gasteiger charge is -2.09. The highest BCUT2D eigenvalue weighted by molar-refractivity contribution is 6.55. The zero-order valence-electron chi connectivity index (χ0n) is 12.6. The molecule has 116 valence electrons. The van der Waals surface area contributed by atoms with Gasteiger partial charge in [0.05, 0.1) is 0 Å². The maximum absolute atomic E-state index is 9.15. The van der Waals surface area contributed by atoms with Gasteiger partial charge in [-0.1, -0.05) is 60.7 Å². The molecule has 0 saturated heterocycles. The third-order valence-electron chi connectivity index (χ3n) is 3.90. The van der Waals surface area contributed by atoms with Crippen LogP contribution in [0, 0.1) is 0 Å². The summed E-state index contributed by atoms with van der Waals surface area (Å²) >= 11 is 0. The Morgan fingerprint density at radius 1 is 0.708 bits per heavy atom. The largest absolute Gasteiger partial charge is 0.551 e. The second-order valence-electron chi connectivity index (χ2n) is 5.39. The first-order valence-corrected chi connectivity index (χ1v) is 7.51. The van der Waals surface area contributed by atoms with Crippen molar-refractivity contribution in [2.75, 3.05) is 0 Å². The van der Waals surface area contributed by atoms with Crippen LogP contribution in [-0.4, -0.2) is 27.4 Å². The normalized spacial score (nSPS) is 10.9. The van der Waals surface area contributed by atoms with Gasteiger partial charge in [0.1, 0.15) is 0 Å². The van der Waals surface area contributed by atoms with E-state index in [-0.39, 0.29) is 11.7 Å². The summed E-state index contributed by atoms with van der Waals surface area (Å²) < 4.78 is 5.36. The lowest BCUT2D eigenvalue weighted by Crippen LogP contribution is -2.30. The molecule has 0 unspecified atom stereocenters. The molecule has 5 nitrogen and oxygen atoms in total. The highest BCUT2D eigenvalue weighted by atomic mass is 16.4. The second-order valence-corrected chi connectivity index (χ2v) is 5.39. The van der Waals surface area contributed by atoms with Crippen LogP contribution in [0.3, 0.4) is 0 Å². The number of fused-ring (bicyclic) bond motifs is 1. The average Bonchev–Trinajstić information content (AvgIpc) is 3.12. The van der Waals surface area contributed by atoms with Crippen molar-refractivity contribution in [1.29, 1.82) is 0 Å². The lowest BCUT2D eigenvalue weighted by molar-refractivity contribution is 0.408. The second kappa shape index (κ2) is 5.92. The van der Waals surface area contributed by atoms with Crippen LogP contribution in [-0.2, 0) is 0 Å². The molecule has 2 N–H and O–H groups in total. The Morgan fingerprint density at radius 3 is 2.00 bits per heavy atom. The number of aromatic nitrogens is 2. The van der Waals surface area contributed by atoms with Crippen molar-refractivity contribution in [3.63, 3.8) is 0 Å². The monoisotopic (exact) mass is 316 g/mol. The summed E-state index contributed by atoms with van der Waals surface area (Å²) in [6, 6.07) is 22.0. The molecule has 0 fully saturated rings. The number of hydrogen-bond donors (Lipinski definition) is 2. The molecule has 1 aromatic heterocycles. The van der Waals surface area contributed by atoms with Crippen molar-refractivity contribution in [2.24, 2.45) is 0 Å². The first-order valence-electron chi connectivity index (χ1n) is 7.51. The Morgan fingerprint density at radius 2 is 1.33 bits per heavy atom. The van der Waals surface area contributed by atoms with E-state index in [1.165, 1.54) is 0 Å². The van der Waals surface area contributed by atoms with Crippen molar-refractivity contribution in [1.82, 2.24) is 10.2 Å². The Hall–Kier alpha value is -2.96. The molecule has 0 amide bonds. The molecule has 3 aromatic carbocycles. The molecule has 24 heavy (non-hydrogen) atoms. The van der Waals surface area contributed by atoms with Crippen LogP contribution in [0.5, 0.6) is 0 Å². The van der Waals surface area contributed by atoms with Crippen molar-refractivity contribution in [3.05, 3.63) is 66.7 Å². The molecule has 0 aliphatic rings. The van der Waals surface area contributed by atoms with Crippen LogP contribution >= 0.6 is 0 Å². The van der Waals surface area contributed by atoms with E-state index in [2.05, 4.69) is 22.3 Å². The highest BCUT2D eigenvalue weighted by Gasteiger charge is 2.21. The highest BCUT2D eigenvalue weighted by Crippen LogP contribution is 2.34. The molecular formula is C18H13BN2O3. The maximum atomic E-state index is 9.15. The molecule has 0 aliphatic heterocycles. The van der Waals surface area contributed by atoms with Gasteiger partial charge in [-0.05, 0) is 28.0 Å². The van der Waals surface area contributed by atoms with Crippen molar-refractivity contribution in [2.45, 2.75) is 0 Å². The fraction of sp³-hybridized carbons (Fsp3) is 0. The average molecular weight is 316 g/mol. The van der Waals surface area contributed by atoms with Gasteiger partial charge < -0.3 is 14.5 Å². The summed E-state index contributed by atoms with van der Waals surface area (Å²) in [6.07, 6.45) is 0. The van der Waals surface area contributed by atoms with Crippen LogP contribution in [0.4, 0.5) is 0 Å². The SMILES string of the molecule is OB(O)c1nnc(-c2ccc(-c3ccccc3)c3ccccc23)o1. The third kappa shape index (κ3) is 2.48. The molecule has 0 spiro atoms. The van der Waals surface area contributed by atoms with Gasteiger partial charge in [0, 0.05) is 5.56 Å². The van der Waals surface area contributed by atoms with Crippen LogP contribution in [0.15, 0.2) is 71.1 Å². The quantitative estimate of drug-likeness (QED) is 0.567. The molecule has 0 saturated carbocycles. The van der Waals surface area contributed by atoms with Crippen LogP contribution in [0.2, 0.25) is 0 Å². The van der Waals surface area contributed by atoms with E-state index in [0.29, 0.717) is 0 Å². The summed E-state index contributed by atoms with van der Waals surface area (Å²) in [4.78, 5) is 0. The summed E-state index contributed by atoms with van der Waals surface area (Å²) in [5.74, 6) is 0.0372. The molecule has 0 radical (unpaired) electrons. The molecule has 0 atom stereocenters. The van der Waals surface area contributed by atoms with E-state index in [1.807, 2.05) is 54.6 Å². The first kappa shape index (κ1) is 14.6. The number of hydrogen-bond acceptors (Lipinski definition) is 5. The van der Waals surface area contributed by atoms with Gasteiger partial charge in [0.25, 0.3) is 0 Å². The van der Waals surface area contributed by atoms with Gasteiger partial charge in [-0.2, -0.15) is 0 Å². The molecule has 4 aromatic rings. The summed E-state index contributed by atoms with van der Waals surface area (Å²) in [6.45, 7) is 0. The number of nitrogens with zero attached hydrogens (tertiary/aromatic N) is 2. The molecule has 1 heterocycles. The smallest absolute Gasteiger partial charge is 0.424 e. The Labute approximate surface area is 138 Å². The predicted molar refractivity (Wildman–Crippen MR) is 92.5 cm³/mol. The maximum Gasteiger partial charge on any atom is 0.551 e. The van der Waals surface area contributed by atoms with Gasteiger partial charge >= 0.3 is 7.12 Å². The predicted octanol–water partition coefficient (Wildman–Crippen LogP) is 2.24. The Bertz CT molecular complexity index is 1000. The third-order valence-corrected chi connectivity index (χ3v) is 3.90. The molecule has 0 aliphatic carbocycles. The first-order chi connectivity index (χ1) is 11.7. The number of rotatable bonds is 3. The Kier molecular flexibility index (Phi) is 3.61. The van der Waals surface area contributed by atoms with E-state index in [9.17, 15) is 0 Å². The summed E-state index contributed by atoms with van der Waals surface area (Å²) in [5, 5.41) is 27.9. The Balaban J connectivity index is 1.93. The minimum absolute atomic E-state index is 0.221. The minimum atomic E-state index is -1.78. The van der Waals surface area contributed by atoms with Gasteiger partial charge in [-0.15, -0.1) is 10.2 Å². The molecule has 0 bridgehead atoms. The van der Waals surface area contributed by atoms with E-state index in [0.717, 1.165) is 27.5 Å². The number of benzene rings is 3. The minimum Gasteiger partial charge on any atom is -0.424 e.